The highest BCUT2D eigenvalue weighted by atomic mass is 32.2. The summed E-state index contributed by atoms with van der Waals surface area (Å²) >= 11 is 0. The average molecular weight is 316 g/mol. The van der Waals surface area contributed by atoms with Crippen molar-refractivity contribution in [3.63, 3.8) is 0 Å². The van der Waals surface area contributed by atoms with Gasteiger partial charge in [0, 0.05) is 18.1 Å². The van der Waals surface area contributed by atoms with E-state index in [0.717, 1.165) is 0 Å². The highest BCUT2D eigenvalue weighted by molar-refractivity contribution is 7.89. The average Bonchev–Trinajstić information content (AvgIpc) is 2.85. The van der Waals surface area contributed by atoms with E-state index < -0.39 is 10.0 Å². The molecule has 1 aliphatic rings. The van der Waals surface area contributed by atoms with Gasteiger partial charge in [-0.25, -0.2) is 8.42 Å². The van der Waals surface area contributed by atoms with E-state index in [1.807, 2.05) is 27.7 Å². The lowest BCUT2D eigenvalue weighted by atomic mass is 10.1. The fourth-order valence-electron chi connectivity index (χ4n) is 2.13. The molecule has 2 heterocycles. The Bertz CT molecular complexity index is 574. The van der Waals surface area contributed by atoms with Crippen LogP contribution in [-0.2, 0) is 21.3 Å². The molecule has 1 aromatic heterocycles. The van der Waals surface area contributed by atoms with Gasteiger partial charge in [-0.3, -0.25) is 0 Å². The summed E-state index contributed by atoms with van der Waals surface area (Å²) in [7, 11) is -3.59. The molecule has 1 saturated heterocycles. The van der Waals surface area contributed by atoms with E-state index >= 15 is 0 Å². The summed E-state index contributed by atoms with van der Waals surface area (Å²) in [6.07, 6.45) is 0. The molecule has 6 nitrogen and oxygen atoms in total. The van der Waals surface area contributed by atoms with Crippen molar-refractivity contribution in [1.29, 1.82) is 0 Å². The van der Waals surface area contributed by atoms with Crippen LogP contribution in [-0.4, -0.2) is 44.1 Å². The molecule has 0 radical (unpaired) electrons. The van der Waals surface area contributed by atoms with E-state index in [4.69, 9.17) is 9.15 Å². The minimum atomic E-state index is -3.59. The molecule has 1 unspecified atom stereocenters. The predicted octanol–water partition coefficient (Wildman–Crippen LogP) is 1.58. The van der Waals surface area contributed by atoms with Gasteiger partial charge in [-0.1, -0.05) is 0 Å². The van der Waals surface area contributed by atoms with Gasteiger partial charge < -0.3 is 14.5 Å². The van der Waals surface area contributed by atoms with Crippen molar-refractivity contribution in [2.75, 3.05) is 19.8 Å². The van der Waals surface area contributed by atoms with Gasteiger partial charge in [0.25, 0.3) is 10.0 Å². The van der Waals surface area contributed by atoms with Crippen LogP contribution in [0, 0.1) is 0 Å². The first-order chi connectivity index (χ1) is 9.70. The highest BCUT2D eigenvalue weighted by Gasteiger charge is 2.33. The molecule has 2 rings (SSSR count). The Morgan fingerprint density at radius 2 is 2.10 bits per heavy atom. The van der Waals surface area contributed by atoms with Crippen LogP contribution in [0.2, 0.25) is 0 Å². The fraction of sp³-hybridized carbons (Fsp3) is 0.714. The number of nitrogens with zero attached hydrogens (tertiary/aromatic N) is 1. The second kappa shape index (κ2) is 6.08. The zero-order chi connectivity index (χ0) is 15.7. The van der Waals surface area contributed by atoms with Crippen molar-refractivity contribution in [2.24, 2.45) is 0 Å². The van der Waals surface area contributed by atoms with Crippen molar-refractivity contribution in [2.45, 2.75) is 50.9 Å². The Labute approximate surface area is 126 Å². The summed E-state index contributed by atoms with van der Waals surface area (Å²) in [5, 5.41) is 3.27. The molecule has 1 fully saturated rings. The van der Waals surface area contributed by atoms with Crippen LogP contribution in [0.5, 0.6) is 0 Å². The van der Waals surface area contributed by atoms with Gasteiger partial charge in [-0.2, -0.15) is 4.31 Å². The number of sulfonamides is 1. The summed E-state index contributed by atoms with van der Waals surface area (Å²) < 4.78 is 37.4. The van der Waals surface area contributed by atoms with E-state index in [1.54, 1.807) is 6.07 Å². The first kappa shape index (κ1) is 16.5. The lowest BCUT2D eigenvalue weighted by molar-refractivity contribution is 0.0386. The summed E-state index contributed by atoms with van der Waals surface area (Å²) in [4.78, 5) is 0. The zero-order valence-electron chi connectivity index (χ0n) is 13.0. The van der Waals surface area contributed by atoms with Crippen molar-refractivity contribution < 1.29 is 17.6 Å². The maximum absolute atomic E-state index is 12.6. The van der Waals surface area contributed by atoms with Crippen molar-refractivity contribution in [1.82, 2.24) is 9.62 Å². The highest BCUT2D eigenvalue weighted by Crippen LogP contribution is 2.22. The quantitative estimate of drug-likeness (QED) is 0.913. The maximum Gasteiger partial charge on any atom is 0.276 e. The van der Waals surface area contributed by atoms with Crippen LogP contribution >= 0.6 is 0 Å². The Kier molecular flexibility index (Phi) is 4.77. The van der Waals surface area contributed by atoms with Crippen LogP contribution in [0.15, 0.2) is 21.6 Å². The molecule has 7 heteroatoms. The number of hydrogen-bond donors (Lipinski definition) is 1. The summed E-state index contributed by atoms with van der Waals surface area (Å²) in [6.45, 7) is 9.66. The molecule has 0 bridgehead atoms. The van der Waals surface area contributed by atoms with Gasteiger partial charge in [0.1, 0.15) is 5.76 Å². The Morgan fingerprint density at radius 3 is 2.71 bits per heavy atom. The molecule has 0 aliphatic carbocycles. The first-order valence-corrected chi connectivity index (χ1v) is 8.57. The molecular weight excluding hydrogens is 292 g/mol. The fourth-order valence-corrected chi connectivity index (χ4v) is 3.66. The van der Waals surface area contributed by atoms with E-state index in [-0.39, 0.29) is 16.7 Å². The van der Waals surface area contributed by atoms with Gasteiger partial charge in [0.15, 0.2) is 0 Å². The number of nitrogens with one attached hydrogen (secondary N) is 1. The van der Waals surface area contributed by atoms with Crippen LogP contribution in [0.1, 0.15) is 33.5 Å². The Morgan fingerprint density at radius 1 is 1.38 bits per heavy atom. The van der Waals surface area contributed by atoms with Crippen LogP contribution in [0.4, 0.5) is 0 Å². The van der Waals surface area contributed by atoms with Crippen LogP contribution < -0.4 is 5.32 Å². The number of morpholine rings is 1. The number of ether oxygens (including phenoxy) is 1. The minimum absolute atomic E-state index is 0.00181. The summed E-state index contributed by atoms with van der Waals surface area (Å²) in [6, 6.07) is 3.05. The van der Waals surface area contributed by atoms with Gasteiger partial charge in [-0.05, 0) is 39.8 Å². The van der Waals surface area contributed by atoms with E-state index in [9.17, 15) is 8.42 Å². The van der Waals surface area contributed by atoms with Crippen molar-refractivity contribution >= 4 is 10.0 Å². The second-order valence-electron chi connectivity index (χ2n) is 6.36. The van der Waals surface area contributed by atoms with Crippen LogP contribution in [0.25, 0.3) is 0 Å². The molecule has 0 spiro atoms. The van der Waals surface area contributed by atoms with Crippen molar-refractivity contribution in [3.8, 4) is 0 Å². The molecule has 120 valence electrons. The maximum atomic E-state index is 12.6. The molecule has 0 amide bonds. The minimum Gasteiger partial charge on any atom is -0.447 e. The molecular formula is C14H24N2O4S. The standard InChI is InChI=1S/C14H24N2O4S/c1-11-10-19-8-7-16(11)21(17,18)13-6-5-12(20-13)9-15-14(2,3)4/h5-6,11,15H,7-10H2,1-4H3. The topological polar surface area (TPSA) is 71.8 Å². The monoisotopic (exact) mass is 316 g/mol. The SMILES string of the molecule is CC1COCCN1S(=O)(=O)c1ccc(CNC(C)(C)C)o1. The number of furan rings is 1. The normalized spacial score (nSPS) is 21.6. The lowest BCUT2D eigenvalue weighted by Crippen LogP contribution is -2.46. The molecule has 1 N–H and O–H groups in total. The number of rotatable bonds is 4. The zero-order valence-corrected chi connectivity index (χ0v) is 13.9. The smallest absolute Gasteiger partial charge is 0.276 e. The Hall–Kier alpha value is -0.890. The molecule has 0 aromatic carbocycles. The molecule has 0 saturated carbocycles. The molecule has 1 atom stereocenters. The van der Waals surface area contributed by atoms with Gasteiger partial charge in [-0.15, -0.1) is 0 Å². The van der Waals surface area contributed by atoms with E-state index in [0.29, 0.717) is 32.1 Å². The predicted molar refractivity (Wildman–Crippen MR) is 79.5 cm³/mol. The molecule has 1 aromatic rings. The summed E-state index contributed by atoms with van der Waals surface area (Å²) in [5.41, 5.74) is -0.0510. The van der Waals surface area contributed by atoms with Gasteiger partial charge >= 0.3 is 0 Å². The molecule has 21 heavy (non-hydrogen) atoms. The third-order valence-corrected chi connectivity index (χ3v) is 5.19. The van der Waals surface area contributed by atoms with E-state index in [1.165, 1.54) is 10.4 Å². The Balaban J connectivity index is 2.12. The number of hydrogen-bond acceptors (Lipinski definition) is 5. The van der Waals surface area contributed by atoms with Gasteiger partial charge in [0.2, 0.25) is 5.09 Å². The lowest BCUT2D eigenvalue weighted by Gasteiger charge is -2.31. The largest absolute Gasteiger partial charge is 0.447 e. The van der Waals surface area contributed by atoms with Gasteiger partial charge in [0.05, 0.1) is 19.8 Å². The van der Waals surface area contributed by atoms with Crippen molar-refractivity contribution in [3.05, 3.63) is 17.9 Å². The van der Waals surface area contributed by atoms with E-state index in [2.05, 4.69) is 5.32 Å². The third kappa shape index (κ3) is 4.06. The third-order valence-electron chi connectivity index (χ3n) is 3.30. The molecule has 1 aliphatic heterocycles. The second-order valence-corrected chi connectivity index (χ2v) is 8.19. The summed E-state index contributed by atoms with van der Waals surface area (Å²) in [5.74, 6) is 0.615. The first-order valence-electron chi connectivity index (χ1n) is 7.13. The van der Waals surface area contributed by atoms with Crippen LogP contribution in [0.3, 0.4) is 0 Å².